The molecule has 0 bridgehead atoms. The largest absolute Gasteiger partial charge is 0.416 e. The zero-order valence-electron chi connectivity index (χ0n) is 14.9. The van der Waals surface area contributed by atoms with Gasteiger partial charge < -0.3 is 4.98 Å². The molecule has 144 valence electrons. The number of hydrogen-bond acceptors (Lipinski definition) is 3. The van der Waals surface area contributed by atoms with Crippen LogP contribution in [0.25, 0.3) is 11.0 Å². The Morgan fingerprint density at radius 1 is 1.19 bits per heavy atom. The maximum atomic E-state index is 13.4. The summed E-state index contributed by atoms with van der Waals surface area (Å²) in [7, 11) is 0. The molecule has 27 heavy (non-hydrogen) atoms. The molecule has 0 unspecified atom stereocenters. The number of H-pyrrole nitrogens is 1. The Morgan fingerprint density at radius 2 is 1.81 bits per heavy atom. The monoisotopic (exact) mass is 382 g/mol. The minimum absolute atomic E-state index is 0.0451. The smallest absolute Gasteiger partial charge is 0.310 e. The van der Waals surface area contributed by atoms with Crippen molar-refractivity contribution >= 4 is 11.0 Å². The summed E-state index contributed by atoms with van der Waals surface area (Å²) < 4.78 is 53.4. The highest BCUT2D eigenvalue weighted by atomic mass is 19.4. The average Bonchev–Trinajstić information content (AvgIpc) is 2.93. The number of aromatic amines is 1. The van der Waals surface area contributed by atoms with Crippen LogP contribution in [-0.2, 0) is 12.9 Å². The molecule has 0 radical (unpaired) electrons. The van der Waals surface area contributed by atoms with Gasteiger partial charge in [-0.15, -0.1) is 0 Å². The number of aromatic nitrogens is 4. The Balaban J connectivity index is 2.21. The highest BCUT2D eigenvalue weighted by Gasteiger charge is 2.31. The highest BCUT2D eigenvalue weighted by Crippen LogP contribution is 2.33. The van der Waals surface area contributed by atoms with Gasteiger partial charge in [-0.25, -0.2) is 14.1 Å². The normalized spacial score (nSPS) is 13.5. The Morgan fingerprint density at radius 3 is 2.33 bits per heavy atom. The molecule has 0 aliphatic heterocycles. The fourth-order valence-electron chi connectivity index (χ4n) is 3.19. The Hall–Kier alpha value is -2.71. The van der Waals surface area contributed by atoms with Gasteiger partial charge >= 0.3 is 6.18 Å². The zero-order valence-corrected chi connectivity index (χ0v) is 14.9. The van der Waals surface area contributed by atoms with Crippen LogP contribution in [0, 0.1) is 12.8 Å². The second kappa shape index (κ2) is 6.79. The average molecular weight is 382 g/mol. The number of rotatable bonds is 4. The Bertz CT molecular complexity index is 1020. The third-order valence-electron chi connectivity index (χ3n) is 4.35. The number of fused-ring (bicyclic) bond motifs is 1. The molecule has 3 rings (SSSR count). The van der Waals surface area contributed by atoms with Crippen molar-refractivity contribution in [3.8, 4) is 0 Å². The summed E-state index contributed by atoms with van der Waals surface area (Å²) in [6, 6.07) is 4.23. The van der Waals surface area contributed by atoms with E-state index in [1.165, 1.54) is 16.8 Å². The third kappa shape index (κ3) is 3.45. The lowest BCUT2D eigenvalue weighted by atomic mass is 9.95. The summed E-state index contributed by atoms with van der Waals surface area (Å²) in [4.78, 5) is 19.0. The Kier molecular flexibility index (Phi) is 4.79. The van der Waals surface area contributed by atoms with E-state index in [1.807, 2.05) is 13.8 Å². The maximum absolute atomic E-state index is 13.4. The maximum Gasteiger partial charge on any atom is 0.416 e. The molecule has 1 N–H and O–H groups in total. The van der Waals surface area contributed by atoms with E-state index < -0.39 is 30.0 Å². The van der Waals surface area contributed by atoms with Gasteiger partial charge in [0.2, 0.25) is 0 Å². The molecule has 0 aliphatic carbocycles. The molecular formula is C18H18F4N4O. The second-order valence-corrected chi connectivity index (χ2v) is 6.68. The van der Waals surface area contributed by atoms with Gasteiger partial charge in [0.25, 0.3) is 5.56 Å². The molecular weight excluding hydrogens is 364 g/mol. The fraction of sp³-hybridized carbons (Fsp3) is 0.389. The van der Waals surface area contributed by atoms with E-state index in [-0.39, 0.29) is 22.6 Å². The summed E-state index contributed by atoms with van der Waals surface area (Å²) in [5.74, 6) is 0.243. The van der Waals surface area contributed by atoms with Gasteiger partial charge in [0.1, 0.15) is 23.6 Å². The predicted octanol–water partition coefficient (Wildman–Crippen LogP) is 4.16. The summed E-state index contributed by atoms with van der Waals surface area (Å²) in [5.41, 5.74) is -0.522. The summed E-state index contributed by atoms with van der Waals surface area (Å²) in [6.45, 7) is 4.38. The molecule has 1 atom stereocenters. The van der Waals surface area contributed by atoms with Crippen molar-refractivity contribution in [1.82, 2.24) is 19.7 Å². The molecule has 0 spiro atoms. The zero-order chi connectivity index (χ0) is 19.9. The lowest BCUT2D eigenvalue weighted by Crippen LogP contribution is -2.20. The van der Waals surface area contributed by atoms with Crippen LogP contribution in [0.5, 0.6) is 0 Å². The van der Waals surface area contributed by atoms with Crippen LogP contribution in [0.2, 0.25) is 0 Å². The van der Waals surface area contributed by atoms with E-state index in [0.717, 1.165) is 12.1 Å². The molecule has 1 aromatic carbocycles. The molecule has 0 saturated heterocycles. The lowest BCUT2D eigenvalue weighted by molar-refractivity contribution is -0.137. The molecule has 0 amide bonds. The van der Waals surface area contributed by atoms with Crippen LogP contribution in [0.4, 0.5) is 17.6 Å². The number of alkyl halides is 4. The van der Waals surface area contributed by atoms with Gasteiger partial charge in [-0.05, 0) is 30.5 Å². The van der Waals surface area contributed by atoms with E-state index in [0.29, 0.717) is 11.4 Å². The van der Waals surface area contributed by atoms with Gasteiger partial charge in [0.15, 0.2) is 5.65 Å². The predicted molar refractivity (Wildman–Crippen MR) is 92.1 cm³/mol. The summed E-state index contributed by atoms with van der Waals surface area (Å²) in [6.07, 6.45) is -4.43. The molecule has 9 heteroatoms. The first kappa shape index (κ1) is 19.1. The number of halogens is 4. The number of hydrogen-bond donors (Lipinski definition) is 1. The van der Waals surface area contributed by atoms with Crippen molar-refractivity contribution in [2.45, 2.75) is 39.7 Å². The van der Waals surface area contributed by atoms with E-state index >= 15 is 0 Å². The SMILES string of the molecule is Cc1nc2c(c(CF)nn2[C@H](c2ccc(C(F)(F)F)cc2)C(C)C)c(=O)[nH]1. The van der Waals surface area contributed by atoms with E-state index in [1.54, 1.807) is 6.92 Å². The van der Waals surface area contributed by atoms with Gasteiger partial charge in [-0.1, -0.05) is 26.0 Å². The van der Waals surface area contributed by atoms with Gasteiger partial charge in [0.05, 0.1) is 11.6 Å². The summed E-state index contributed by atoms with van der Waals surface area (Å²) in [5, 5.41) is 4.27. The van der Waals surface area contributed by atoms with Gasteiger partial charge in [-0.2, -0.15) is 18.3 Å². The fourth-order valence-corrected chi connectivity index (χ4v) is 3.19. The van der Waals surface area contributed by atoms with Crippen molar-refractivity contribution in [2.24, 2.45) is 5.92 Å². The molecule has 2 aromatic heterocycles. The van der Waals surface area contributed by atoms with Gasteiger partial charge in [-0.3, -0.25) is 4.79 Å². The van der Waals surface area contributed by atoms with Crippen molar-refractivity contribution in [2.75, 3.05) is 0 Å². The Labute approximate surface area is 152 Å². The van der Waals surface area contributed by atoms with Crippen LogP contribution in [0.15, 0.2) is 29.1 Å². The van der Waals surface area contributed by atoms with E-state index in [9.17, 15) is 22.4 Å². The van der Waals surface area contributed by atoms with Gasteiger partial charge in [0, 0.05) is 0 Å². The third-order valence-corrected chi connectivity index (χ3v) is 4.35. The van der Waals surface area contributed by atoms with Crippen LogP contribution in [-0.4, -0.2) is 19.7 Å². The number of nitrogens with one attached hydrogen (secondary N) is 1. The van der Waals surface area contributed by atoms with Crippen LogP contribution >= 0.6 is 0 Å². The lowest BCUT2D eigenvalue weighted by Gasteiger charge is -2.23. The number of aryl methyl sites for hydroxylation is 1. The first-order chi connectivity index (χ1) is 12.6. The minimum Gasteiger partial charge on any atom is -0.310 e. The molecule has 0 aliphatic rings. The first-order valence-electron chi connectivity index (χ1n) is 8.34. The van der Waals surface area contributed by atoms with E-state index in [2.05, 4.69) is 15.1 Å². The van der Waals surface area contributed by atoms with Crippen molar-refractivity contribution < 1.29 is 17.6 Å². The second-order valence-electron chi connectivity index (χ2n) is 6.68. The quantitative estimate of drug-likeness (QED) is 0.689. The molecule has 2 heterocycles. The highest BCUT2D eigenvalue weighted by molar-refractivity contribution is 5.77. The van der Waals surface area contributed by atoms with Crippen molar-refractivity contribution in [3.05, 3.63) is 57.3 Å². The molecule has 3 aromatic rings. The topological polar surface area (TPSA) is 63.6 Å². The van der Waals surface area contributed by atoms with E-state index in [4.69, 9.17) is 0 Å². The number of nitrogens with zero attached hydrogens (tertiary/aromatic N) is 3. The standard InChI is InChI=1S/C18H18F4N4O/c1-9(2)15(11-4-6-12(7-5-11)18(20,21)22)26-16-14(13(8-19)25-26)17(27)24-10(3)23-16/h4-7,9,15H,8H2,1-3H3,(H,23,24,27)/t15-/m0/s1. The minimum atomic E-state index is -4.43. The molecule has 5 nitrogen and oxygen atoms in total. The number of benzene rings is 1. The first-order valence-corrected chi connectivity index (χ1v) is 8.34. The van der Waals surface area contributed by atoms with Crippen LogP contribution < -0.4 is 5.56 Å². The summed E-state index contributed by atoms with van der Waals surface area (Å²) >= 11 is 0. The molecule has 0 fully saturated rings. The molecule has 0 saturated carbocycles. The van der Waals surface area contributed by atoms with Crippen molar-refractivity contribution in [3.63, 3.8) is 0 Å². The van der Waals surface area contributed by atoms with Crippen LogP contribution in [0.3, 0.4) is 0 Å². The van der Waals surface area contributed by atoms with Crippen molar-refractivity contribution in [1.29, 1.82) is 0 Å². The van der Waals surface area contributed by atoms with Crippen LogP contribution in [0.1, 0.15) is 42.5 Å².